The Bertz CT molecular complexity index is 963. The SMILES string of the molecule is O=C(NC12CC(C(=O)N3CCC(N4CCCCCC4)CC3)(C1)C2)c1cc(F)ccc1OC(F)(F)F. The lowest BCUT2D eigenvalue weighted by Gasteiger charge is -2.70. The number of rotatable bonds is 5. The third kappa shape index (κ3) is 4.86. The zero-order valence-electron chi connectivity index (χ0n) is 19.6. The lowest BCUT2D eigenvalue weighted by molar-refractivity contribution is -0.274. The molecule has 6 rings (SSSR count). The number of piperidine rings is 1. The predicted octanol–water partition coefficient (Wildman–Crippen LogP) is 4.24. The number of nitrogens with zero attached hydrogens (tertiary/aromatic N) is 2. The Morgan fingerprint density at radius 3 is 2.20 bits per heavy atom. The Morgan fingerprint density at radius 2 is 1.60 bits per heavy atom. The van der Waals surface area contributed by atoms with Crippen LogP contribution < -0.4 is 10.1 Å². The number of alkyl halides is 3. The van der Waals surface area contributed by atoms with Crippen molar-refractivity contribution in [1.29, 1.82) is 0 Å². The van der Waals surface area contributed by atoms with Crippen LogP contribution >= 0.6 is 0 Å². The monoisotopic (exact) mass is 497 g/mol. The van der Waals surface area contributed by atoms with Gasteiger partial charge in [-0.2, -0.15) is 0 Å². The minimum Gasteiger partial charge on any atom is -0.405 e. The Kier molecular flexibility index (Phi) is 6.22. The van der Waals surface area contributed by atoms with Gasteiger partial charge in [-0.15, -0.1) is 13.2 Å². The van der Waals surface area contributed by atoms with E-state index in [1.807, 2.05) is 4.90 Å². The van der Waals surface area contributed by atoms with Gasteiger partial charge in [0.2, 0.25) is 5.91 Å². The summed E-state index contributed by atoms with van der Waals surface area (Å²) in [5, 5.41) is 2.74. The van der Waals surface area contributed by atoms with Crippen molar-refractivity contribution in [2.24, 2.45) is 5.41 Å². The number of carbonyl (C=O) groups excluding carboxylic acids is 2. The van der Waals surface area contributed by atoms with Crippen molar-refractivity contribution < 1.29 is 31.9 Å². The maximum atomic E-state index is 13.6. The van der Waals surface area contributed by atoms with Crippen molar-refractivity contribution in [2.75, 3.05) is 26.2 Å². The number of benzene rings is 1. The van der Waals surface area contributed by atoms with Crippen LogP contribution in [0, 0.1) is 11.2 Å². The van der Waals surface area contributed by atoms with Gasteiger partial charge >= 0.3 is 6.36 Å². The Morgan fingerprint density at radius 1 is 0.971 bits per heavy atom. The van der Waals surface area contributed by atoms with E-state index in [2.05, 4.69) is 15.0 Å². The van der Waals surface area contributed by atoms with E-state index in [1.54, 1.807) is 0 Å². The van der Waals surface area contributed by atoms with Crippen LogP contribution in [-0.2, 0) is 4.79 Å². The van der Waals surface area contributed by atoms with Crippen LogP contribution in [0.5, 0.6) is 5.75 Å². The third-order valence-corrected chi connectivity index (χ3v) is 8.18. The molecule has 10 heteroatoms. The first-order valence-corrected chi connectivity index (χ1v) is 12.5. The molecule has 2 aliphatic heterocycles. The molecule has 2 saturated heterocycles. The van der Waals surface area contributed by atoms with Gasteiger partial charge in [-0.05, 0) is 76.2 Å². The van der Waals surface area contributed by atoms with Crippen LogP contribution in [0.25, 0.3) is 0 Å². The maximum absolute atomic E-state index is 13.6. The highest BCUT2D eigenvalue weighted by Crippen LogP contribution is 2.68. The Balaban J connectivity index is 1.14. The molecule has 0 spiro atoms. The molecule has 0 aromatic heterocycles. The molecule has 1 aromatic carbocycles. The van der Waals surface area contributed by atoms with E-state index in [9.17, 15) is 27.2 Å². The van der Waals surface area contributed by atoms with Gasteiger partial charge in [-0.1, -0.05) is 12.8 Å². The number of hydrogen-bond acceptors (Lipinski definition) is 4. The molecule has 0 radical (unpaired) electrons. The largest absolute Gasteiger partial charge is 0.573 e. The summed E-state index contributed by atoms with van der Waals surface area (Å²) in [6.07, 6.45) is 3.42. The zero-order chi connectivity index (χ0) is 24.8. The number of nitrogens with one attached hydrogen (secondary N) is 1. The van der Waals surface area contributed by atoms with Crippen LogP contribution in [0.15, 0.2) is 18.2 Å². The highest BCUT2D eigenvalue weighted by molar-refractivity contribution is 5.98. The fourth-order valence-corrected chi connectivity index (χ4v) is 6.58. The molecule has 1 aromatic rings. The number of halogens is 4. The van der Waals surface area contributed by atoms with E-state index in [-0.39, 0.29) is 5.91 Å². The van der Waals surface area contributed by atoms with E-state index in [0.717, 1.165) is 57.2 Å². The lowest BCUT2D eigenvalue weighted by atomic mass is 9.39. The van der Waals surface area contributed by atoms with Crippen LogP contribution in [-0.4, -0.2) is 65.7 Å². The molecule has 1 N–H and O–H groups in total. The van der Waals surface area contributed by atoms with Gasteiger partial charge in [0.15, 0.2) is 0 Å². The summed E-state index contributed by atoms with van der Waals surface area (Å²) >= 11 is 0. The van der Waals surface area contributed by atoms with Gasteiger partial charge in [0.05, 0.1) is 11.0 Å². The number of carbonyl (C=O) groups is 2. The number of likely N-dealkylation sites (tertiary alicyclic amines) is 2. The Hall–Kier alpha value is -2.36. The molecular weight excluding hydrogens is 466 g/mol. The van der Waals surface area contributed by atoms with Crippen molar-refractivity contribution in [1.82, 2.24) is 15.1 Å². The van der Waals surface area contributed by atoms with E-state index in [4.69, 9.17) is 0 Å². The van der Waals surface area contributed by atoms with Crippen molar-refractivity contribution in [3.8, 4) is 5.75 Å². The van der Waals surface area contributed by atoms with Gasteiger partial charge in [0.25, 0.3) is 5.91 Å². The van der Waals surface area contributed by atoms with Gasteiger partial charge in [0, 0.05) is 24.7 Å². The summed E-state index contributed by atoms with van der Waals surface area (Å²) in [6.45, 7) is 3.77. The van der Waals surface area contributed by atoms with Crippen molar-refractivity contribution in [2.45, 2.75) is 75.7 Å². The first-order valence-electron chi connectivity index (χ1n) is 12.5. The van der Waals surface area contributed by atoms with E-state index < -0.39 is 40.4 Å². The van der Waals surface area contributed by atoms with Gasteiger partial charge < -0.3 is 19.9 Å². The quantitative estimate of drug-likeness (QED) is 0.619. The molecule has 6 nitrogen and oxygen atoms in total. The molecule has 2 bridgehead atoms. The molecule has 3 aliphatic carbocycles. The second kappa shape index (κ2) is 8.94. The highest BCUT2D eigenvalue weighted by Gasteiger charge is 2.72. The zero-order valence-corrected chi connectivity index (χ0v) is 19.6. The van der Waals surface area contributed by atoms with Gasteiger partial charge in [-0.25, -0.2) is 4.39 Å². The second-order valence-corrected chi connectivity index (χ2v) is 10.7. The van der Waals surface area contributed by atoms with Crippen LogP contribution in [0.4, 0.5) is 17.6 Å². The van der Waals surface area contributed by atoms with E-state index >= 15 is 0 Å². The fourth-order valence-electron chi connectivity index (χ4n) is 6.58. The molecule has 35 heavy (non-hydrogen) atoms. The summed E-state index contributed by atoms with van der Waals surface area (Å²) in [7, 11) is 0. The minimum absolute atomic E-state index is 0.120. The normalized spacial score (nSPS) is 29.5. The lowest BCUT2D eigenvalue weighted by Crippen LogP contribution is -2.78. The third-order valence-electron chi connectivity index (χ3n) is 8.18. The Labute approximate surface area is 202 Å². The van der Waals surface area contributed by atoms with Crippen molar-refractivity contribution in [3.05, 3.63) is 29.6 Å². The van der Waals surface area contributed by atoms with Gasteiger partial charge in [0.1, 0.15) is 11.6 Å². The van der Waals surface area contributed by atoms with Crippen LogP contribution in [0.2, 0.25) is 0 Å². The van der Waals surface area contributed by atoms with Gasteiger partial charge in [-0.3, -0.25) is 9.59 Å². The average Bonchev–Trinajstić information content (AvgIpc) is 3.05. The first kappa shape index (κ1) is 24.3. The number of ether oxygens (including phenoxy) is 1. The minimum atomic E-state index is -5.00. The number of amides is 2. The summed E-state index contributed by atoms with van der Waals surface area (Å²) in [5.74, 6) is -2.30. The summed E-state index contributed by atoms with van der Waals surface area (Å²) in [6, 6.07) is 2.87. The number of hydrogen-bond donors (Lipinski definition) is 1. The molecule has 192 valence electrons. The molecular formula is C25H31F4N3O3. The average molecular weight is 498 g/mol. The smallest absolute Gasteiger partial charge is 0.405 e. The van der Waals surface area contributed by atoms with Crippen molar-refractivity contribution in [3.63, 3.8) is 0 Å². The van der Waals surface area contributed by atoms with Crippen LogP contribution in [0.3, 0.4) is 0 Å². The maximum Gasteiger partial charge on any atom is 0.573 e. The molecule has 2 amide bonds. The van der Waals surface area contributed by atoms with Crippen molar-refractivity contribution >= 4 is 11.8 Å². The van der Waals surface area contributed by atoms with Crippen LogP contribution in [0.1, 0.15) is 68.1 Å². The predicted molar refractivity (Wildman–Crippen MR) is 119 cm³/mol. The van der Waals surface area contributed by atoms with E-state index in [1.165, 1.54) is 25.7 Å². The van der Waals surface area contributed by atoms with E-state index in [0.29, 0.717) is 25.3 Å². The summed E-state index contributed by atoms with van der Waals surface area (Å²) in [4.78, 5) is 30.5. The fraction of sp³-hybridized carbons (Fsp3) is 0.680. The standard InChI is InChI=1S/C25H31F4N3O3/c26-17-5-6-20(35-25(27,28)29)19(13-17)21(33)30-24-14-23(15-24,16-24)22(34)32-11-7-18(8-12-32)31-9-3-1-2-4-10-31/h5-6,13,18H,1-4,7-12,14-16H2,(H,30,33). The molecule has 0 atom stereocenters. The highest BCUT2D eigenvalue weighted by atomic mass is 19.4. The topological polar surface area (TPSA) is 61.9 Å². The summed E-state index contributed by atoms with van der Waals surface area (Å²) in [5.41, 5.74) is -1.63. The molecule has 5 fully saturated rings. The molecule has 2 heterocycles. The molecule has 5 aliphatic rings. The molecule has 3 saturated carbocycles. The summed E-state index contributed by atoms with van der Waals surface area (Å²) < 4.78 is 55.6. The molecule has 0 unspecified atom stereocenters. The second-order valence-electron chi connectivity index (χ2n) is 10.7. The first-order chi connectivity index (χ1) is 16.6.